The normalized spacial score (nSPS) is 21.3. The summed E-state index contributed by atoms with van der Waals surface area (Å²) in [7, 11) is 4.03. The fourth-order valence-corrected chi connectivity index (χ4v) is 2.02. The summed E-state index contributed by atoms with van der Waals surface area (Å²) in [5, 5.41) is 11.8. The molecule has 0 fully saturated rings. The number of aromatic nitrogens is 1. The maximum Gasteiger partial charge on any atom is 0.0808 e. The average molecular weight is 180 g/mol. The molecule has 0 radical (unpaired) electrons. The van der Waals surface area contributed by atoms with Gasteiger partial charge in [0.25, 0.3) is 0 Å². The van der Waals surface area contributed by atoms with Gasteiger partial charge >= 0.3 is 0 Å². The summed E-state index contributed by atoms with van der Waals surface area (Å²) < 4.78 is 2.11. The maximum absolute atomic E-state index is 9.72. The van der Waals surface area contributed by atoms with Crippen LogP contribution < -0.4 is 5.01 Å². The summed E-state index contributed by atoms with van der Waals surface area (Å²) in [6.07, 6.45) is 4.86. The molecule has 2 rings (SSSR count). The smallest absolute Gasteiger partial charge is 0.0808 e. The van der Waals surface area contributed by atoms with Crippen LogP contribution in [0, 0.1) is 0 Å². The van der Waals surface area contributed by atoms with E-state index in [0.717, 1.165) is 24.8 Å². The zero-order valence-electron chi connectivity index (χ0n) is 8.20. The molecule has 13 heavy (non-hydrogen) atoms. The standard InChI is InChI=1S/C10H16N2O/c1-11(2)12-7-6-8-9(12)4-3-5-10(8)13/h6-7,10,13H,3-5H2,1-2H3. The quantitative estimate of drug-likeness (QED) is 0.700. The Morgan fingerprint density at radius 3 is 3.00 bits per heavy atom. The molecule has 1 N–H and O–H groups in total. The molecule has 72 valence electrons. The predicted octanol–water partition coefficient (Wildman–Crippen LogP) is 1.06. The van der Waals surface area contributed by atoms with E-state index in [1.165, 1.54) is 5.69 Å². The van der Waals surface area contributed by atoms with Gasteiger partial charge in [-0.3, -0.25) is 4.68 Å². The van der Waals surface area contributed by atoms with Crippen molar-refractivity contribution in [1.82, 2.24) is 4.68 Å². The summed E-state index contributed by atoms with van der Waals surface area (Å²) in [5.74, 6) is 0. The van der Waals surface area contributed by atoms with Crippen LogP contribution in [0.1, 0.15) is 30.2 Å². The zero-order chi connectivity index (χ0) is 9.42. The van der Waals surface area contributed by atoms with Gasteiger partial charge in [0.15, 0.2) is 0 Å². The molecular formula is C10H16N2O. The lowest BCUT2D eigenvalue weighted by Gasteiger charge is -2.23. The zero-order valence-corrected chi connectivity index (χ0v) is 8.20. The summed E-state index contributed by atoms with van der Waals surface area (Å²) in [4.78, 5) is 0. The summed E-state index contributed by atoms with van der Waals surface area (Å²) >= 11 is 0. The Kier molecular flexibility index (Phi) is 2.04. The van der Waals surface area contributed by atoms with Crippen molar-refractivity contribution in [3.05, 3.63) is 23.5 Å². The lowest BCUT2D eigenvalue weighted by Crippen LogP contribution is -2.27. The van der Waals surface area contributed by atoms with Crippen molar-refractivity contribution in [2.45, 2.75) is 25.4 Å². The first kappa shape index (κ1) is 8.63. The van der Waals surface area contributed by atoms with Gasteiger partial charge in [-0.05, 0) is 25.3 Å². The summed E-state index contributed by atoms with van der Waals surface area (Å²) in [6, 6.07) is 2.03. The van der Waals surface area contributed by atoms with Crippen molar-refractivity contribution in [3.8, 4) is 0 Å². The van der Waals surface area contributed by atoms with Gasteiger partial charge < -0.3 is 10.1 Å². The molecule has 0 bridgehead atoms. The van der Waals surface area contributed by atoms with Gasteiger partial charge in [0.1, 0.15) is 0 Å². The highest BCUT2D eigenvalue weighted by Crippen LogP contribution is 2.29. The molecule has 0 amide bonds. The third kappa shape index (κ3) is 1.33. The van der Waals surface area contributed by atoms with E-state index in [4.69, 9.17) is 0 Å². The predicted molar refractivity (Wildman–Crippen MR) is 52.4 cm³/mol. The van der Waals surface area contributed by atoms with E-state index in [0.29, 0.717) is 0 Å². The molecule has 0 saturated carbocycles. The van der Waals surface area contributed by atoms with E-state index in [9.17, 15) is 5.11 Å². The molecule has 1 aromatic rings. The Hall–Kier alpha value is -0.960. The highest BCUT2D eigenvalue weighted by molar-refractivity contribution is 5.28. The number of hydrogen-bond donors (Lipinski definition) is 1. The van der Waals surface area contributed by atoms with Crippen LogP contribution in [0.15, 0.2) is 12.3 Å². The topological polar surface area (TPSA) is 28.4 Å². The fourth-order valence-electron chi connectivity index (χ4n) is 2.02. The van der Waals surface area contributed by atoms with E-state index in [1.807, 2.05) is 31.4 Å². The molecule has 0 saturated heterocycles. The second kappa shape index (κ2) is 3.07. The molecular weight excluding hydrogens is 164 g/mol. The van der Waals surface area contributed by atoms with Crippen LogP contribution in [0.3, 0.4) is 0 Å². The molecule has 1 aromatic heterocycles. The molecule has 1 heterocycles. The van der Waals surface area contributed by atoms with Crippen molar-refractivity contribution in [2.24, 2.45) is 0 Å². The first-order chi connectivity index (χ1) is 6.20. The molecule has 0 aliphatic heterocycles. The molecule has 1 unspecified atom stereocenters. The van der Waals surface area contributed by atoms with Crippen LogP contribution in [-0.4, -0.2) is 23.9 Å². The Balaban J connectivity index is 2.41. The largest absolute Gasteiger partial charge is 0.388 e. The Bertz CT molecular complexity index is 290. The van der Waals surface area contributed by atoms with Gasteiger partial charge in [-0.25, -0.2) is 0 Å². The minimum absolute atomic E-state index is 0.245. The number of aliphatic hydroxyl groups excluding tert-OH is 1. The van der Waals surface area contributed by atoms with E-state index >= 15 is 0 Å². The molecule has 1 atom stereocenters. The van der Waals surface area contributed by atoms with Crippen molar-refractivity contribution in [1.29, 1.82) is 0 Å². The first-order valence-electron chi connectivity index (χ1n) is 4.76. The SMILES string of the molecule is CN(C)n1ccc2c1CCCC2O. The molecule has 3 heteroatoms. The van der Waals surface area contributed by atoms with Crippen LogP contribution >= 0.6 is 0 Å². The van der Waals surface area contributed by atoms with Crippen molar-refractivity contribution >= 4 is 0 Å². The van der Waals surface area contributed by atoms with E-state index in [2.05, 4.69) is 4.68 Å². The highest BCUT2D eigenvalue weighted by Gasteiger charge is 2.21. The number of aliphatic hydroxyl groups is 1. The molecule has 0 spiro atoms. The van der Waals surface area contributed by atoms with Crippen LogP contribution in [0.5, 0.6) is 0 Å². The van der Waals surface area contributed by atoms with Crippen molar-refractivity contribution < 1.29 is 5.11 Å². The highest BCUT2D eigenvalue weighted by atomic mass is 16.3. The van der Waals surface area contributed by atoms with Crippen LogP contribution in [-0.2, 0) is 6.42 Å². The third-order valence-corrected chi connectivity index (χ3v) is 2.69. The molecule has 1 aliphatic rings. The Morgan fingerprint density at radius 1 is 1.54 bits per heavy atom. The third-order valence-electron chi connectivity index (χ3n) is 2.69. The second-order valence-electron chi connectivity index (χ2n) is 3.82. The lowest BCUT2D eigenvalue weighted by atomic mass is 9.95. The lowest BCUT2D eigenvalue weighted by molar-refractivity contribution is 0.155. The second-order valence-corrected chi connectivity index (χ2v) is 3.82. The van der Waals surface area contributed by atoms with Crippen molar-refractivity contribution in [2.75, 3.05) is 19.1 Å². The molecule has 0 aromatic carbocycles. The van der Waals surface area contributed by atoms with Crippen molar-refractivity contribution in [3.63, 3.8) is 0 Å². The van der Waals surface area contributed by atoms with Gasteiger partial charge in [-0.2, -0.15) is 0 Å². The van der Waals surface area contributed by atoms with E-state index in [-0.39, 0.29) is 6.10 Å². The van der Waals surface area contributed by atoms with Gasteiger partial charge in [0.2, 0.25) is 0 Å². The van der Waals surface area contributed by atoms with Gasteiger partial charge in [0.05, 0.1) is 6.10 Å². The van der Waals surface area contributed by atoms with Gasteiger partial charge in [-0.1, -0.05) is 0 Å². The minimum Gasteiger partial charge on any atom is -0.388 e. The average Bonchev–Trinajstić information content (AvgIpc) is 2.48. The molecule has 3 nitrogen and oxygen atoms in total. The summed E-state index contributed by atoms with van der Waals surface area (Å²) in [6.45, 7) is 0. The number of fused-ring (bicyclic) bond motifs is 1. The number of hydrogen-bond acceptors (Lipinski definition) is 2. The molecule has 1 aliphatic carbocycles. The van der Waals surface area contributed by atoms with Crippen LogP contribution in [0.2, 0.25) is 0 Å². The van der Waals surface area contributed by atoms with E-state index in [1.54, 1.807) is 0 Å². The minimum atomic E-state index is -0.245. The van der Waals surface area contributed by atoms with Gasteiger partial charge in [-0.15, -0.1) is 0 Å². The Labute approximate surface area is 78.6 Å². The monoisotopic (exact) mass is 180 g/mol. The summed E-state index contributed by atoms with van der Waals surface area (Å²) in [5.41, 5.74) is 2.38. The number of rotatable bonds is 1. The Morgan fingerprint density at radius 2 is 2.31 bits per heavy atom. The number of nitrogens with zero attached hydrogens (tertiary/aromatic N) is 2. The van der Waals surface area contributed by atoms with Crippen LogP contribution in [0.4, 0.5) is 0 Å². The van der Waals surface area contributed by atoms with Gasteiger partial charge in [0, 0.05) is 31.5 Å². The first-order valence-corrected chi connectivity index (χ1v) is 4.76. The fraction of sp³-hybridized carbons (Fsp3) is 0.600. The maximum atomic E-state index is 9.72. The van der Waals surface area contributed by atoms with Crippen LogP contribution in [0.25, 0.3) is 0 Å². The van der Waals surface area contributed by atoms with E-state index < -0.39 is 0 Å².